The quantitative estimate of drug-likeness (QED) is 0.832. The van der Waals surface area contributed by atoms with Crippen LogP contribution in [0.4, 0.5) is 11.5 Å². The van der Waals surface area contributed by atoms with Crippen LogP contribution in [-0.2, 0) is 9.59 Å². The van der Waals surface area contributed by atoms with Gasteiger partial charge in [-0.25, -0.2) is 4.98 Å². The lowest BCUT2D eigenvalue weighted by Gasteiger charge is -2.09. The Morgan fingerprint density at radius 2 is 1.57 bits per heavy atom. The van der Waals surface area contributed by atoms with E-state index in [4.69, 9.17) is 0 Å². The number of carbonyl (C=O) groups excluding carboxylic acids is 2. The van der Waals surface area contributed by atoms with Gasteiger partial charge in [0.15, 0.2) is 0 Å². The Kier molecular flexibility index (Phi) is 4.33. The highest BCUT2D eigenvalue weighted by molar-refractivity contribution is 6.43. The lowest BCUT2D eigenvalue weighted by atomic mass is 10.1. The van der Waals surface area contributed by atoms with Crippen LogP contribution in [0.25, 0.3) is 0 Å². The van der Waals surface area contributed by atoms with E-state index < -0.39 is 11.8 Å². The zero-order valence-electron chi connectivity index (χ0n) is 12.2. The number of rotatable bonds is 2. The third-order valence-electron chi connectivity index (χ3n) is 2.99. The first-order chi connectivity index (χ1) is 9.95. The normalized spacial score (nSPS) is 10.0. The van der Waals surface area contributed by atoms with Crippen molar-refractivity contribution < 1.29 is 9.59 Å². The second kappa shape index (κ2) is 6.17. The van der Waals surface area contributed by atoms with Crippen LogP contribution in [0, 0.1) is 20.8 Å². The van der Waals surface area contributed by atoms with E-state index in [0.29, 0.717) is 11.5 Å². The molecular weight excluding hydrogens is 266 g/mol. The lowest BCUT2D eigenvalue weighted by molar-refractivity contribution is -0.133. The van der Waals surface area contributed by atoms with Crippen molar-refractivity contribution in [3.05, 3.63) is 53.2 Å². The van der Waals surface area contributed by atoms with Crippen molar-refractivity contribution in [2.75, 3.05) is 10.6 Å². The molecule has 5 heteroatoms. The average Bonchev–Trinajstić information content (AvgIpc) is 2.41. The summed E-state index contributed by atoms with van der Waals surface area (Å²) in [7, 11) is 0. The van der Waals surface area contributed by atoms with E-state index >= 15 is 0 Å². The van der Waals surface area contributed by atoms with Gasteiger partial charge in [-0.1, -0.05) is 17.7 Å². The zero-order chi connectivity index (χ0) is 15.4. The molecule has 0 bridgehead atoms. The molecular formula is C16H17N3O2. The summed E-state index contributed by atoms with van der Waals surface area (Å²) < 4.78 is 0. The van der Waals surface area contributed by atoms with Gasteiger partial charge in [0.05, 0.1) is 0 Å². The first-order valence-corrected chi connectivity index (χ1v) is 6.58. The van der Waals surface area contributed by atoms with Gasteiger partial charge in [-0.15, -0.1) is 0 Å². The predicted molar refractivity (Wildman–Crippen MR) is 82.1 cm³/mol. The van der Waals surface area contributed by atoms with Crippen molar-refractivity contribution >= 4 is 23.3 Å². The Hall–Kier alpha value is -2.69. The van der Waals surface area contributed by atoms with E-state index in [9.17, 15) is 9.59 Å². The third-order valence-corrected chi connectivity index (χ3v) is 2.99. The van der Waals surface area contributed by atoms with Crippen molar-refractivity contribution in [2.24, 2.45) is 0 Å². The number of nitrogens with one attached hydrogen (secondary N) is 2. The summed E-state index contributed by atoms with van der Waals surface area (Å²) in [5.41, 5.74) is 3.58. The molecule has 1 aromatic heterocycles. The summed E-state index contributed by atoms with van der Waals surface area (Å²) in [6, 6.07) is 9.10. The number of anilines is 2. The number of carbonyl (C=O) groups is 2. The molecule has 0 aliphatic carbocycles. The number of pyridine rings is 1. The second-order valence-electron chi connectivity index (χ2n) is 4.95. The minimum Gasteiger partial charge on any atom is -0.318 e. The fourth-order valence-corrected chi connectivity index (χ4v) is 1.91. The minimum absolute atomic E-state index is 0.357. The standard InChI is InChI=1S/C16H17N3O2/c1-10-4-5-13(12(3)8-10)18-15(20)16(21)19-14-9-11(2)6-7-17-14/h4-9H,1-3H3,(H,18,20)(H,17,19,21). The first-order valence-electron chi connectivity index (χ1n) is 6.58. The predicted octanol–water partition coefficient (Wildman–Crippen LogP) is 2.58. The molecule has 108 valence electrons. The Morgan fingerprint density at radius 3 is 2.24 bits per heavy atom. The summed E-state index contributed by atoms with van der Waals surface area (Å²) in [5, 5.41) is 5.06. The van der Waals surface area contributed by atoms with Crippen molar-refractivity contribution in [3.8, 4) is 0 Å². The summed E-state index contributed by atoms with van der Waals surface area (Å²) in [4.78, 5) is 27.7. The maximum Gasteiger partial charge on any atom is 0.315 e. The van der Waals surface area contributed by atoms with Crippen LogP contribution >= 0.6 is 0 Å². The van der Waals surface area contributed by atoms with E-state index in [0.717, 1.165) is 16.7 Å². The molecule has 0 aliphatic rings. The topological polar surface area (TPSA) is 71.1 Å². The molecule has 2 amide bonds. The highest BCUT2D eigenvalue weighted by Gasteiger charge is 2.15. The van der Waals surface area contributed by atoms with Gasteiger partial charge >= 0.3 is 11.8 Å². The summed E-state index contributed by atoms with van der Waals surface area (Å²) in [6.45, 7) is 5.73. The number of nitrogens with zero attached hydrogens (tertiary/aromatic N) is 1. The van der Waals surface area contributed by atoms with Crippen molar-refractivity contribution in [3.63, 3.8) is 0 Å². The molecule has 21 heavy (non-hydrogen) atoms. The van der Waals surface area contributed by atoms with Gasteiger partial charge in [-0.2, -0.15) is 0 Å². The Labute approximate surface area is 123 Å². The van der Waals surface area contributed by atoms with Crippen LogP contribution in [0.15, 0.2) is 36.5 Å². The zero-order valence-corrected chi connectivity index (χ0v) is 12.2. The van der Waals surface area contributed by atoms with Crippen molar-refractivity contribution in [1.29, 1.82) is 0 Å². The summed E-state index contributed by atoms with van der Waals surface area (Å²) in [6.07, 6.45) is 1.58. The Balaban J connectivity index is 2.04. The Morgan fingerprint density at radius 1 is 0.905 bits per heavy atom. The van der Waals surface area contributed by atoms with Gasteiger partial charge in [-0.3, -0.25) is 9.59 Å². The molecule has 2 aromatic rings. The maximum atomic E-state index is 11.9. The van der Waals surface area contributed by atoms with Crippen LogP contribution in [0.2, 0.25) is 0 Å². The van der Waals surface area contributed by atoms with Gasteiger partial charge < -0.3 is 10.6 Å². The molecule has 2 N–H and O–H groups in total. The van der Waals surface area contributed by atoms with Crippen LogP contribution in [-0.4, -0.2) is 16.8 Å². The van der Waals surface area contributed by atoms with E-state index in [1.54, 1.807) is 18.3 Å². The largest absolute Gasteiger partial charge is 0.318 e. The van der Waals surface area contributed by atoms with Crippen molar-refractivity contribution in [1.82, 2.24) is 4.98 Å². The molecule has 1 aromatic carbocycles. The summed E-state index contributed by atoms with van der Waals surface area (Å²) >= 11 is 0. The van der Waals surface area contributed by atoms with Crippen molar-refractivity contribution in [2.45, 2.75) is 20.8 Å². The minimum atomic E-state index is -0.743. The lowest BCUT2D eigenvalue weighted by Crippen LogP contribution is -2.29. The molecule has 0 spiro atoms. The smallest absolute Gasteiger partial charge is 0.315 e. The summed E-state index contributed by atoms with van der Waals surface area (Å²) in [5.74, 6) is -1.10. The SMILES string of the molecule is Cc1ccnc(NC(=O)C(=O)Nc2ccc(C)cc2C)c1. The van der Waals surface area contributed by atoms with Gasteiger partial charge in [0.1, 0.15) is 5.82 Å². The number of hydrogen-bond acceptors (Lipinski definition) is 3. The number of aromatic nitrogens is 1. The molecule has 0 radical (unpaired) electrons. The molecule has 0 unspecified atom stereocenters. The fourth-order valence-electron chi connectivity index (χ4n) is 1.91. The highest BCUT2D eigenvalue weighted by Crippen LogP contribution is 2.16. The van der Waals surface area contributed by atoms with Crippen LogP contribution in [0.3, 0.4) is 0 Å². The number of amides is 2. The third kappa shape index (κ3) is 3.89. The van der Waals surface area contributed by atoms with Crippen LogP contribution in [0.1, 0.15) is 16.7 Å². The molecule has 0 saturated heterocycles. The Bertz CT molecular complexity index is 696. The van der Waals surface area contributed by atoms with Gasteiger partial charge in [-0.05, 0) is 50.1 Å². The van der Waals surface area contributed by atoms with E-state index in [2.05, 4.69) is 15.6 Å². The van der Waals surface area contributed by atoms with Crippen LogP contribution < -0.4 is 10.6 Å². The van der Waals surface area contributed by atoms with Gasteiger partial charge in [0, 0.05) is 11.9 Å². The average molecular weight is 283 g/mol. The number of hydrogen-bond donors (Lipinski definition) is 2. The van der Waals surface area contributed by atoms with Crippen LogP contribution in [0.5, 0.6) is 0 Å². The van der Waals surface area contributed by atoms with E-state index in [1.807, 2.05) is 39.0 Å². The molecule has 0 saturated carbocycles. The second-order valence-corrected chi connectivity index (χ2v) is 4.95. The molecule has 2 rings (SSSR count). The monoisotopic (exact) mass is 283 g/mol. The van der Waals surface area contributed by atoms with Gasteiger partial charge in [0.2, 0.25) is 0 Å². The van der Waals surface area contributed by atoms with Gasteiger partial charge in [0.25, 0.3) is 0 Å². The molecule has 5 nitrogen and oxygen atoms in total. The fraction of sp³-hybridized carbons (Fsp3) is 0.188. The highest BCUT2D eigenvalue weighted by atomic mass is 16.2. The molecule has 0 fully saturated rings. The maximum absolute atomic E-state index is 11.9. The van der Waals surface area contributed by atoms with E-state index in [1.165, 1.54) is 0 Å². The molecule has 1 heterocycles. The first kappa shape index (κ1) is 14.7. The van der Waals surface area contributed by atoms with E-state index in [-0.39, 0.29) is 0 Å². The number of benzene rings is 1. The molecule has 0 atom stereocenters. The number of aryl methyl sites for hydroxylation is 3. The molecule has 0 aliphatic heterocycles.